The standard InChI is InChI=1S/C10H13NO2/c1-7(12)10(11)8-5-3-4-6-9(8)13-2/h3-6,10H,11H2,1-2H3. The minimum atomic E-state index is -0.587. The number of Topliss-reactive ketones (excluding diaryl/α,β-unsaturated/α-hetero) is 1. The van der Waals surface area contributed by atoms with Crippen LogP contribution in [0.3, 0.4) is 0 Å². The van der Waals surface area contributed by atoms with Crippen LogP contribution in [-0.4, -0.2) is 12.9 Å². The van der Waals surface area contributed by atoms with Gasteiger partial charge in [0.1, 0.15) is 5.75 Å². The molecule has 0 saturated heterocycles. The molecule has 70 valence electrons. The summed E-state index contributed by atoms with van der Waals surface area (Å²) < 4.78 is 5.08. The molecule has 0 aliphatic carbocycles. The Morgan fingerprint density at radius 1 is 1.46 bits per heavy atom. The van der Waals surface area contributed by atoms with Gasteiger partial charge >= 0.3 is 0 Å². The van der Waals surface area contributed by atoms with E-state index in [0.29, 0.717) is 5.75 Å². The van der Waals surface area contributed by atoms with Crippen molar-refractivity contribution in [2.24, 2.45) is 5.73 Å². The lowest BCUT2D eigenvalue weighted by Crippen LogP contribution is -2.19. The number of carbonyl (C=O) groups is 1. The van der Waals surface area contributed by atoms with Crippen LogP contribution in [0.5, 0.6) is 5.75 Å². The molecule has 0 aliphatic rings. The summed E-state index contributed by atoms with van der Waals surface area (Å²) in [5.74, 6) is 0.592. The van der Waals surface area contributed by atoms with E-state index in [4.69, 9.17) is 10.5 Å². The largest absolute Gasteiger partial charge is 0.496 e. The number of rotatable bonds is 3. The second kappa shape index (κ2) is 4.05. The molecule has 0 fully saturated rings. The molecule has 13 heavy (non-hydrogen) atoms. The number of hydrogen-bond acceptors (Lipinski definition) is 3. The monoisotopic (exact) mass is 179 g/mol. The Bertz CT molecular complexity index is 310. The van der Waals surface area contributed by atoms with Crippen LogP contribution in [0, 0.1) is 0 Å². The lowest BCUT2D eigenvalue weighted by Gasteiger charge is -2.12. The molecule has 2 N–H and O–H groups in total. The smallest absolute Gasteiger partial charge is 0.151 e. The van der Waals surface area contributed by atoms with Crippen LogP contribution in [0.2, 0.25) is 0 Å². The first-order valence-electron chi connectivity index (χ1n) is 4.05. The molecule has 0 spiro atoms. The lowest BCUT2D eigenvalue weighted by atomic mass is 10.0. The van der Waals surface area contributed by atoms with Crippen molar-refractivity contribution < 1.29 is 9.53 Å². The molecule has 1 aromatic carbocycles. The molecule has 1 aromatic rings. The van der Waals surface area contributed by atoms with Crippen molar-refractivity contribution >= 4 is 5.78 Å². The topological polar surface area (TPSA) is 52.3 Å². The van der Waals surface area contributed by atoms with Crippen LogP contribution < -0.4 is 10.5 Å². The molecular formula is C10H13NO2. The van der Waals surface area contributed by atoms with Gasteiger partial charge in [-0.15, -0.1) is 0 Å². The average molecular weight is 179 g/mol. The number of methoxy groups -OCH3 is 1. The van der Waals surface area contributed by atoms with Crippen molar-refractivity contribution in [3.05, 3.63) is 29.8 Å². The number of benzene rings is 1. The van der Waals surface area contributed by atoms with Gasteiger partial charge < -0.3 is 10.5 Å². The fourth-order valence-corrected chi connectivity index (χ4v) is 1.14. The number of hydrogen-bond donors (Lipinski definition) is 1. The van der Waals surface area contributed by atoms with E-state index in [1.165, 1.54) is 6.92 Å². The summed E-state index contributed by atoms with van der Waals surface area (Å²) in [5.41, 5.74) is 6.42. The fourth-order valence-electron chi connectivity index (χ4n) is 1.14. The predicted molar refractivity (Wildman–Crippen MR) is 50.6 cm³/mol. The summed E-state index contributed by atoms with van der Waals surface area (Å²) in [6, 6.07) is 6.68. The molecule has 1 rings (SSSR count). The third-order valence-electron chi connectivity index (χ3n) is 1.91. The van der Waals surface area contributed by atoms with E-state index in [2.05, 4.69) is 0 Å². The van der Waals surface area contributed by atoms with Crippen molar-refractivity contribution in [3.8, 4) is 5.75 Å². The van der Waals surface area contributed by atoms with E-state index in [9.17, 15) is 4.79 Å². The Morgan fingerprint density at radius 3 is 2.62 bits per heavy atom. The molecule has 0 aromatic heterocycles. The molecule has 3 heteroatoms. The molecule has 1 atom stereocenters. The summed E-state index contributed by atoms with van der Waals surface area (Å²) in [6.07, 6.45) is 0. The molecule has 0 saturated carbocycles. The Labute approximate surface area is 77.5 Å². The quantitative estimate of drug-likeness (QED) is 0.760. The average Bonchev–Trinajstić information content (AvgIpc) is 2.16. The molecule has 0 heterocycles. The summed E-state index contributed by atoms with van der Waals surface area (Å²) in [5, 5.41) is 0. The maximum atomic E-state index is 11.0. The number of para-hydroxylation sites is 1. The number of ketones is 1. The lowest BCUT2D eigenvalue weighted by molar-refractivity contribution is -0.118. The van der Waals surface area contributed by atoms with Crippen LogP contribution in [0.15, 0.2) is 24.3 Å². The van der Waals surface area contributed by atoms with Crippen molar-refractivity contribution in [1.29, 1.82) is 0 Å². The van der Waals surface area contributed by atoms with Crippen LogP contribution >= 0.6 is 0 Å². The van der Waals surface area contributed by atoms with E-state index >= 15 is 0 Å². The highest BCUT2D eigenvalue weighted by atomic mass is 16.5. The summed E-state index contributed by atoms with van der Waals surface area (Å²) in [4.78, 5) is 11.0. The van der Waals surface area contributed by atoms with Gasteiger partial charge in [0.2, 0.25) is 0 Å². The highest BCUT2D eigenvalue weighted by Crippen LogP contribution is 2.23. The van der Waals surface area contributed by atoms with E-state index in [1.807, 2.05) is 12.1 Å². The van der Waals surface area contributed by atoms with E-state index in [1.54, 1.807) is 19.2 Å². The van der Waals surface area contributed by atoms with Gasteiger partial charge in [0.05, 0.1) is 13.2 Å². The van der Waals surface area contributed by atoms with Crippen molar-refractivity contribution in [1.82, 2.24) is 0 Å². The Balaban J connectivity index is 3.05. The van der Waals surface area contributed by atoms with Gasteiger partial charge in [-0.1, -0.05) is 18.2 Å². The molecule has 0 amide bonds. The molecule has 1 unspecified atom stereocenters. The van der Waals surface area contributed by atoms with E-state index < -0.39 is 6.04 Å². The highest BCUT2D eigenvalue weighted by molar-refractivity contribution is 5.83. The number of ether oxygens (including phenoxy) is 1. The maximum absolute atomic E-state index is 11.0. The third-order valence-corrected chi connectivity index (χ3v) is 1.91. The normalized spacial score (nSPS) is 12.2. The van der Waals surface area contributed by atoms with Gasteiger partial charge in [0.25, 0.3) is 0 Å². The minimum absolute atomic E-state index is 0.0653. The van der Waals surface area contributed by atoms with Crippen LogP contribution in [0.25, 0.3) is 0 Å². The third kappa shape index (κ3) is 2.06. The molecule has 0 aliphatic heterocycles. The number of nitrogens with two attached hydrogens (primary N) is 1. The van der Waals surface area contributed by atoms with Crippen molar-refractivity contribution in [3.63, 3.8) is 0 Å². The maximum Gasteiger partial charge on any atom is 0.151 e. The van der Waals surface area contributed by atoms with Crippen LogP contribution in [0.1, 0.15) is 18.5 Å². The first-order valence-corrected chi connectivity index (χ1v) is 4.05. The summed E-state index contributed by atoms with van der Waals surface area (Å²) in [6.45, 7) is 1.47. The SMILES string of the molecule is COc1ccccc1C(N)C(C)=O. The summed E-state index contributed by atoms with van der Waals surface area (Å²) in [7, 11) is 1.56. The molecule has 3 nitrogen and oxygen atoms in total. The zero-order valence-electron chi connectivity index (χ0n) is 7.78. The second-order valence-electron chi connectivity index (χ2n) is 2.83. The van der Waals surface area contributed by atoms with Crippen molar-refractivity contribution in [2.45, 2.75) is 13.0 Å². The van der Waals surface area contributed by atoms with Gasteiger partial charge in [-0.05, 0) is 13.0 Å². The van der Waals surface area contributed by atoms with Gasteiger partial charge in [-0.3, -0.25) is 4.79 Å². The predicted octanol–water partition coefficient (Wildman–Crippen LogP) is 1.28. The summed E-state index contributed by atoms with van der Waals surface area (Å²) >= 11 is 0. The van der Waals surface area contributed by atoms with Crippen LogP contribution in [-0.2, 0) is 4.79 Å². The molecule has 0 bridgehead atoms. The van der Waals surface area contributed by atoms with Gasteiger partial charge in [-0.25, -0.2) is 0 Å². The van der Waals surface area contributed by atoms with Crippen molar-refractivity contribution in [2.75, 3.05) is 7.11 Å². The Morgan fingerprint density at radius 2 is 2.08 bits per heavy atom. The van der Waals surface area contributed by atoms with Gasteiger partial charge in [0, 0.05) is 5.56 Å². The zero-order valence-corrected chi connectivity index (χ0v) is 7.78. The van der Waals surface area contributed by atoms with Gasteiger partial charge in [-0.2, -0.15) is 0 Å². The first-order chi connectivity index (χ1) is 6.16. The first kappa shape index (κ1) is 9.74. The van der Waals surface area contributed by atoms with E-state index in [-0.39, 0.29) is 5.78 Å². The highest BCUT2D eigenvalue weighted by Gasteiger charge is 2.14. The minimum Gasteiger partial charge on any atom is -0.496 e. The Kier molecular flexibility index (Phi) is 3.03. The zero-order chi connectivity index (χ0) is 9.84. The fraction of sp³-hybridized carbons (Fsp3) is 0.300. The van der Waals surface area contributed by atoms with Gasteiger partial charge in [0.15, 0.2) is 5.78 Å². The molecule has 0 radical (unpaired) electrons. The molecular weight excluding hydrogens is 166 g/mol. The second-order valence-corrected chi connectivity index (χ2v) is 2.83. The van der Waals surface area contributed by atoms with E-state index in [0.717, 1.165) is 5.56 Å². The number of carbonyl (C=O) groups excluding carboxylic acids is 1. The Hall–Kier alpha value is -1.35. The van der Waals surface area contributed by atoms with Crippen LogP contribution in [0.4, 0.5) is 0 Å².